The van der Waals surface area contributed by atoms with E-state index in [1.165, 1.54) is 0 Å². The molecule has 0 bridgehead atoms. The maximum atomic E-state index is 5.05. The van der Waals surface area contributed by atoms with Crippen molar-refractivity contribution >= 4 is 5.84 Å². The third-order valence-corrected chi connectivity index (χ3v) is 2.31. The van der Waals surface area contributed by atoms with Gasteiger partial charge in [0.05, 0.1) is 0 Å². The molecule has 0 aromatic carbocycles. The average molecular weight is 198 g/mol. The van der Waals surface area contributed by atoms with Crippen LogP contribution in [0.25, 0.3) is 0 Å². The molecule has 0 aliphatic heterocycles. The maximum absolute atomic E-state index is 5.05. The van der Waals surface area contributed by atoms with Gasteiger partial charge in [0, 0.05) is 33.9 Å². The Kier molecular flexibility index (Phi) is 7.11. The molecule has 0 amide bonds. The van der Waals surface area contributed by atoms with Crippen molar-refractivity contribution in [3.05, 3.63) is 12.2 Å². The zero-order valence-corrected chi connectivity index (χ0v) is 9.95. The van der Waals surface area contributed by atoms with Crippen molar-refractivity contribution in [1.29, 1.82) is 0 Å². The molecule has 1 unspecified atom stereocenters. The molecule has 0 heterocycles. The Morgan fingerprint density at radius 2 is 2.21 bits per heavy atom. The number of methoxy groups -OCH3 is 1. The Morgan fingerprint density at radius 1 is 1.57 bits per heavy atom. The number of aliphatic imine (C=N–C) groups is 1. The van der Waals surface area contributed by atoms with Gasteiger partial charge in [-0.05, 0) is 26.3 Å². The van der Waals surface area contributed by atoms with Crippen LogP contribution < -0.4 is 0 Å². The summed E-state index contributed by atoms with van der Waals surface area (Å²) in [5, 5.41) is 0. The van der Waals surface area contributed by atoms with E-state index in [9.17, 15) is 0 Å². The molecule has 3 heteroatoms. The van der Waals surface area contributed by atoms with Gasteiger partial charge >= 0.3 is 0 Å². The first-order valence-corrected chi connectivity index (χ1v) is 4.98. The van der Waals surface area contributed by atoms with Crippen LogP contribution >= 0.6 is 0 Å². The SMILES string of the molecule is C/C=C/C(=NC)N(C)C(C)CCOC. The van der Waals surface area contributed by atoms with Crippen molar-refractivity contribution in [2.75, 3.05) is 27.8 Å². The molecule has 0 spiro atoms. The Morgan fingerprint density at radius 3 is 2.64 bits per heavy atom. The smallest absolute Gasteiger partial charge is 0.122 e. The molecule has 0 aliphatic rings. The number of allylic oxidation sites excluding steroid dienone is 1. The standard InChI is InChI=1S/C11H22N2O/c1-6-7-11(12-3)13(4)10(2)8-9-14-5/h6-7,10H,8-9H2,1-5H3/b7-6+,12-11?. The van der Waals surface area contributed by atoms with Crippen LogP contribution in [0, 0.1) is 0 Å². The Labute approximate surface area is 87.5 Å². The minimum Gasteiger partial charge on any atom is -0.385 e. The molecule has 0 fully saturated rings. The molecule has 0 rings (SSSR count). The van der Waals surface area contributed by atoms with Crippen molar-refractivity contribution in [2.45, 2.75) is 26.3 Å². The molecule has 0 aliphatic carbocycles. The van der Waals surface area contributed by atoms with E-state index in [0.717, 1.165) is 18.9 Å². The molecule has 0 aromatic rings. The van der Waals surface area contributed by atoms with Crippen molar-refractivity contribution < 1.29 is 4.74 Å². The number of likely N-dealkylation sites (N-methyl/N-ethyl adjacent to an activating group) is 1. The van der Waals surface area contributed by atoms with Crippen molar-refractivity contribution in [3.63, 3.8) is 0 Å². The van der Waals surface area contributed by atoms with Gasteiger partial charge in [0.2, 0.25) is 0 Å². The molecule has 1 atom stereocenters. The van der Waals surface area contributed by atoms with Crippen LogP contribution in [-0.2, 0) is 4.74 Å². The quantitative estimate of drug-likeness (QED) is 0.498. The molecular weight excluding hydrogens is 176 g/mol. The lowest BCUT2D eigenvalue weighted by Crippen LogP contribution is -2.34. The lowest BCUT2D eigenvalue weighted by atomic mass is 10.2. The van der Waals surface area contributed by atoms with Crippen molar-refractivity contribution in [1.82, 2.24) is 4.90 Å². The second-order valence-electron chi connectivity index (χ2n) is 3.32. The highest BCUT2D eigenvalue weighted by Gasteiger charge is 2.10. The molecule has 3 nitrogen and oxygen atoms in total. The molecule has 0 saturated carbocycles. The molecule has 14 heavy (non-hydrogen) atoms. The fraction of sp³-hybridized carbons (Fsp3) is 0.727. The van der Waals surface area contributed by atoms with Gasteiger partial charge in [-0.2, -0.15) is 0 Å². The largest absolute Gasteiger partial charge is 0.385 e. The number of amidine groups is 1. The third-order valence-electron chi connectivity index (χ3n) is 2.31. The zero-order chi connectivity index (χ0) is 11.0. The first-order valence-electron chi connectivity index (χ1n) is 4.98. The van der Waals surface area contributed by atoms with Gasteiger partial charge in [0.25, 0.3) is 0 Å². The van der Waals surface area contributed by atoms with Gasteiger partial charge < -0.3 is 9.64 Å². The van der Waals surface area contributed by atoms with E-state index in [1.54, 1.807) is 7.11 Å². The van der Waals surface area contributed by atoms with Gasteiger partial charge in [-0.25, -0.2) is 0 Å². The normalized spacial score (nSPS) is 14.8. The second kappa shape index (κ2) is 7.56. The number of ether oxygens (including phenoxy) is 1. The van der Waals surface area contributed by atoms with E-state index in [0.29, 0.717) is 6.04 Å². The summed E-state index contributed by atoms with van der Waals surface area (Å²) in [7, 11) is 5.60. The van der Waals surface area contributed by atoms with Crippen LogP contribution in [0.2, 0.25) is 0 Å². The highest BCUT2D eigenvalue weighted by Crippen LogP contribution is 2.03. The summed E-state index contributed by atoms with van der Waals surface area (Å²) in [6, 6.07) is 0.449. The first kappa shape index (κ1) is 13.2. The highest BCUT2D eigenvalue weighted by molar-refractivity contribution is 5.92. The molecular formula is C11H22N2O. The van der Waals surface area contributed by atoms with E-state index in [4.69, 9.17) is 4.74 Å². The van der Waals surface area contributed by atoms with Gasteiger partial charge in [-0.3, -0.25) is 4.99 Å². The van der Waals surface area contributed by atoms with Crippen molar-refractivity contribution in [3.8, 4) is 0 Å². The Balaban J connectivity index is 4.20. The summed E-state index contributed by atoms with van der Waals surface area (Å²) < 4.78 is 5.05. The summed E-state index contributed by atoms with van der Waals surface area (Å²) in [6.45, 7) is 4.96. The Hall–Kier alpha value is -0.830. The van der Waals surface area contributed by atoms with Gasteiger partial charge in [-0.1, -0.05) is 6.08 Å². The number of hydrogen-bond acceptors (Lipinski definition) is 2. The van der Waals surface area contributed by atoms with Gasteiger partial charge in [0.15, 0.2) is 0 Å². The van der Waals surface area contributed by atoms with Crippen molar-refractivity contribution in [2.24, 2.45) is 4.99 Å². The van der Waals surface area contributed by atoms with Crippen LogP contribution in [0.5, 0.6) is 0 Å². The second-order valence-corrected chi connectivity index (χ2v) is 3.32. The summed E-state index contributed by atoms with van der Waals surface area (Å²) in [5.74, 6) is 1.01. The average Bonchev–Trinajstić information content (AvgIpc) is 2.21. The summed E-state index contributed by atoms with van der Waals surface area (Å²) in [5.41, 5.74) is 0. The number of rotatable bonds is 5. The molecule has 0 N–H and O–H groups in total. The topological polar surface area (TPSA) is 24.8 Å². The van der Waals surface area contributed by atoms with E-state index < -0.39 is 0 Å². The molecule has 0 radical (unpaired) electrons. The van der Waals surface area contributed by atoms with E-state index >= 15 is 0 Å². The summed E-state index contributed by atoms with van der Waals surface area (Å²) in [6.07, 6.45) is 5.04. The highest BCUT2D eigenvalue weighted by atomic mass is 16.5. The summed E-state index contributed by atoms with van der Waals surface area (Å²) in [4.78, 5) is 6.39. The van der Waals surface area contributed by atoms with Crippen LogP contribution in [0.3, 0.4) is 0 Å². The predicted octanol–water partition coefficient (Wildman–Crippen LogP) is 1.95. The minimum absolute atomic E-state index is 0.449. The molecule has 0 saturated heterocycles. The fourth-order valence-electron chi connectivity index (χ4n) is 1.21. The van der Waals surface area contributed by atoms with Crippen LogP contribution in [0.15, 0.2) is 17.1 Å². The van der Waals surface area contributed by atoms with E-state index in [2.05, 4.69) is 23.9 Å². The lowest BCUT2D eigenvalue weighted by Gasteiger charge is -2.26. The van der Waals surface area contributed by atoms with E-state index in [1.807, 2.05) is 26.1 Å². The summed E-state index contributed by atoms with van der Waals surface area (Å²) >= 11 is 0. The van der Waals surface area contributed by atoms with E-state index in [-0.39, 0.29) is 0 Å². The monoisotopic (exact) mass is 198 g/mol. The minimum atomic E-state index is 0.449. The first-order chi connectivity index (χ1) is 6.67. The number of hydrogen-bond donors (Lipinski definition) is 0. The number of nitrogens with zero attached hydrogens (tertiary/aromatic N) is 2. The molecule has 0 aromatic heterocycles. The maximum Gasteiger partial charge on any atom is 0.122 e. The van der Waals surface area contributed by atoms with Crippen LogP contribution in [0.4, 0.5) is 0 Å². The molecule has 82 valence electrons. The van der Waals surface area contributed by atoms with Crippen LogP contribution in [0.1, 0.15) is 20.3 Å². The van der Waals surface area contributed by atoms with Crippen LogP contribution in [-0.4, -0.2) is 44.6 Å². The Bertz CT molecular complexity index is 199. The van der Waals surface area contributed by atoms with Gasteiger partial charge in [0.1, 0.15) is 5.84 Å². The predicted molar refractivity (Wildman–Crippen MR) is 61.9 cm³/mol. The third kappa shape index (κ3) is 4.42. The fourth-order valence-corrected chi connectivity index (χ4v) is 1.21. The van der Waals surface area contributed by atoms with Gasteiger partial charge in [-0.15, -0.1) is 0 Å². The zero-order valence-electron chi connectivity index (χ0n) is 9.95. The lowest BCUT2D eigenvalue weighted by molar-refractivity contribution is 0.173.